The van der Waals surface area contributed by atoms with Crippen LogP contribution in [-0.2, 0) is 13.2 Å². The van der Waals surface area contributed by atoms with Crippen LogP contribution in [0, 0.1) is 29.1 Å². The van der Waals surface area contributed by atoms with Crippen molar-refractivity contribution in [3.63, 3.8) is 0 Å². The van der Waals surface area contributed by atoms with Gasteiger partial charge in [0.1, 0.15) is 29.8 Å². The predicted molar refractivity (Wildman–Crippen MR) is 110 cm³/mol. The summed E-state index contributed by atoms with van der Waals surface area (Å²) in [5.41, 5.74) is -0.572. The van der Waals surface area contributed by atoms with Gasteiger partial charge in [0.15, 0.2) is 23.2 Å². The summed E-state index contributed by atoms with van der Waals surface area (Å²) in [5.74, 6) is -7.11. The number of carbonyl (C=O) groups is 1. The standard InChI is InChI=1S/C22H13ClF5N3O3/c23-15-5-11(24)1-3-18(15)33-10-13-2-4-19(34-13)22(32)30-12-7-29-31(8-12)9-14-16(25)6-17(26)21(28)20(14)27/h1-8H,9-10H2,(H,30,32). The van der Waals surface area contributed by atoms with Crippen molar-refractivity contribution in [3.8, 4) is 5.75 Å². The Hall–Kier alpha value is -3.86. The highest BCUT2D eigenvalue weighted by Crippen LogP contribution is 2.26. The minimum atomic E-state index is -1.80. The van der Waals surface area contributed by atoms with Gasteiger partial charge < -0.3 is 14.5 Å². The van der Waals surface area contributed by atoms with Gasteiger partial charge >= 0.3 is 0 Å². The van der Waals surface area contributed by atoms with Crippen molar-refractivity contribution in [1.29, 1.82) is 0 Å². The smallest absolute Gasteiger partial charge is 0.291 e. The highest BCUT2D eigenvalue weighted by atomic mass is 35.5. The number of hydrogen-bond donors (Lipinski definition) is 1. The molecule has 12 heteroatoms. The molecule has 4 aromatic rings. The fraction of sp³-hybridized carbons (Fsp3) is 0.0909. The predicted octanol–water partition coefficient (Wildman–Crippen LogP) is 5.70. The number of amides is 1. The molecule has 0 fully saturated rings. The SMILES string of the molecule is O=C(Nc1cnn(Cc2c(F)cc(F)c(F)c2F)c1)c1ccc(COc2ccc(F)cc2Cl)o1. The number of hydrogen-bond acceptors (Lipinski definition) is 4. The Bertz CT molecular complexity index is 1370. The molecular weight excluding hydrogens is 485 g/mol. The Morgan fingerprint density at radius 2 is 1.85 bits per heavy atom. The van der Waals surface area contributed by atoms with E-state index >= 15 is 0 Å². The number of ether oxygens (including phenoxy) is 1. The van der Waals surface area contributed by atoms with E-state index in [4.69, 9.17) is 20.8 Å². The minimum absolute atomic E-state index is 0.0738. The van der Waals surface area contributed by atoms with Gasteiger partial charge in [-0.1, -0.05) is 11.6 Å². The maximum atomic E-state index is 13.8. The van der Waals surface area contributed by atoms with Gasteiger partial charge in [-0.05, 0) is 30.3 Å². The fourth-order valence-electron chi connectivity index (χ4n) is 2.94. The molecule has 0 radical (unpaired) electrons. The summed E-state index contributed by atoms with van der Waals surface area (Å²) in [6.07, 6.45) is 2.43. The molecule has 1 amide bonds. The molecule has 4 rings (SSSR count). The van der Waals surface area contributed by atoms with Crippen molar-refractivity contribution >= 4 is 23.2 Å². The first-order chi connectivity index (χ1) is 16.2. The summed E-state index contributed by atoms with van der Waals surface area (Å²) in [4.78, 5) is 12.4. The van der Waals surface area contributed by atoms with E-state index in [1.165, 1.54) is 36.7 Å². The molecule has 0 unspecified atom stereocenters. The van der Waals surface area contributed by atoms with Gasteiger partial charge in [-0.15, -0.1) is 0 Å². The number of benzene rings is 2. The highest BCUT2D eigenvalue weighted by Gasteiger charge is 2.20. The molecular formula is C22H13ClF5N3O3. The van der Waals surface area contributed by atoms with Gasteiger partial charge in [-0.25, -0.2) is 22.0 Å². The first kappa shape index (κ1) is 23.3. The zero-order chi connectivity index (χ0) is 24.4. The van der Waals surface area contributed by atoms with Crippen molar-refractivity contribution in [2.45, 2.75) is 13.2 Å². The molecule has 0 aliphatic heterocycles. The third-order valence-corrected chi connectivity index (χ3v) is 4.86. The van der Waals surface area contributed by atoms with Gasteiger partial charge in [0.25, 0.3) is 5.91 Å². The Kier molecular flexibility index (Phi) is 6.55. The Morgan fingerprint density at radius 3 is 2.62 bits per heavy atom. The molecule has 1 N–H and O–H groups in total. The summed E-state index contributed by atoms with van der Waals surface area (Å²) >= 11 is 5.88. The van der Waals surface area contributed by atoms with Crippen LogP contribution in [0.3, 0.4) is 0 Å². The molecule has 0 atom stereocenters. The number of halogens is 6. The quantitative estimate of drug-likeness (QED) is 0.202. The molecule has 0 aliphatic carbocycles. The fourth-order valence-corrected chi connectivity index (χ4v) is 3.16. The maximum Gasteiger partial charge on any atom is 0.291 e. The van der Waals surface area contributed by atoms with Crippen LogP contribution in [0.25, 0.3) is 0 Å². The molecule has 0 aliphatic rings. The lowest BCUT2D eigenvalue weighted by atomic mass is 10.2. The molecule has 2 heterocycles. The van der Waals surface area contributed by atoms with Crippen LogP contribution in [0.4, 0.5) is 27.6 Å². The average Bonchev–Trinajstić information content (AvgIpc) is 3.44. The number of anilines is 1. The Balaban J connectivity index is 1.38. The van der Waals surface area contributed by atoms with Crippen LogP contribution in [0.5, 0.6) is 5.75 Å². The van der Waals surface area contributed by atoms with E-state index in [-0.39, 0.29) is 40.7 Å². The highest BCUT2D eigenvalue weighted by molar-refractivity contribution is 6.32. The van der Waals surface area contributed by atoms with E-state index < -0.39 is 47.1 Å². The van der Waals surface area contributed by atoms with Gasteiger partial charge in [0.05, 0.1) is 23.5 Å². The average molecular weight is 498 g/mol. The van der Waals surface area contributed by atoms with Gasteiger partial charge in [-0.2, -0.15) is 5.10 Å². The second-order valence-electron chi connectivity index (χ2n) is 6.96. The molecule has 2 aromatic carbocycles. The molecule has 176 valence electrons. The van der Waals surface area contributed by atoms with Crippen molar-refractivity contribution in [2.24, 2.45) is 0 Å². The maximum absolute atomic E-state index is 13.8. The van der Waals surface area contributed by atoms with E-state index in [2.05, 4.69) is 10.4 Å². The van der Waals surface area contributed by atoms with Gasteiger partial charge in [0.2, 0.25) is 0 Å². The summed E-state index contributed by atoms with van der Waals surface area (Å²) in [7, 11) is 0. The molecule has 0 spiro atoms. The summed E-state index contributed by atoms with van der Waals surface area (Å²) in [5, 5.41) is 6.39. The van der Waals surface area contributed by atoms with Crippen molar-refractivity contribution < 1.29 is 35.9 Å². The zero-order valence-corrected chi connectivity index (χ0v) is 17.7. The molecule has 0 saturated carbocycles. The molecule has 0 saturated heterocycles. The summed E-state index contributed by atoms with van der Waals surface area (Å²) in [6.45, 7) is -0.624. The summed E-state index contributed by atoms with van der Waals surface area (Å²) in [6, 6.07) is 6.73. The van der Waals surface area contributed by atoms with Crippen LogP contribution < -0.4 is 10.1 Å². The minimum Gasteiger partial charge on any atom is -0.484 e. The van der Waals surface area contributed by atoms with Crippen molar-refractivity contribution in [3.05, 3.63) is 100.0 Å². The summed E-state index contributed by atoms with van der Waals surface area (Å²) < 4.78 is 79.1. The van der Waals surface area contributed by atoms with E-state index in [1.807, 2.05) is 0 Å². The molecule has 6 nitrogen and oxygen atoms in total. The van der Waals surface area contributed by atoms with Crippen LogP contribution in [-0.4, -0.2) is 15.7 Å². The lowest BCUT2D eigenvalue weighted by Crippen LogP contribution is -2.11. The third-order valence-electron chi connectivity index (χ3n) is 4.57. The van der Waals surface area contributed by atoms with Crippen molar-refractivity contribution in [2.75, 3.05) is 5.32 Å². The van der Waals surface area contributed by atoms with Crippen LogP contribution >= 0.6 is 11.6 Å². The molecule has 2 aromatic heterocycles. The molecule has 0 bridgehead atoms. The van der Waals surface area contributed by atoms with Crippen LogP contribution in [0.1, 0.15) is 21.9 Å². The zero-order valence-electron chi connectivity index (χ0n) is 16.9. The normalized spacial score (nSPS) is 11.0. The molecule has 34 heavy (non-hydrogen) atoms. The van der Waals surface area contributed by atoms with Gasteiger partial charge in [0, 0.05) is 17.8 Å². The van der Waals surface area contributed by atoms with Crippen LogP contribution in [0.15, 0.2) is 53.2 Å². The Labute approximate surface area is 193 Å². The Morgan fingerprint density at radius 1 is 1.06 bits per heavy atom. The topological polar surface area (TPSA) is 69.3 Å². The van der Waals surface area contributed by atoms with Crippen molar-refractivity contribution in [1.82, 2.24) is 9.78 Å². The lowest BCUT2D eigenvalue weighted by Gasteiger charge is -2.07. The van der Waals surface area contributed by atoms with Crippen LogP contribution in [0.2, 0.25) is 5.02 Å². The number of nitrogens with one attached hydrogen (secondary N) is 1. The number of carbonyl (C=O) groups excluding carboxylic acids is 1. The monoisotopic (exact) mass is 497 g/mol. The first-order valence-electron chi connectivity index (χ1n) is 9.53. The van der Waals surface area contributed by atoms with E-state index in [1.54, 1.807) is 0 Å². The van der Waals surface area contributed by atoms with Gasteiger partial charge in [-0.3, -0.25) is 9.48 Å². The largest absolute Gasteiger partial charge is 0.484 e. The third kappa shape index (κ3) is 5.04. The number of rotatable bonds is 7. The van der Waals surface area contributed by atoms with E-state index in [0.29, 0.717) is 0 Å². The van der Waals surface area contributed by atoms with E-state index in [9.17, 15) is 26.7 Å². The second-order valence-corrected chi connectivity index (χ2v) is 7.36. The number of nitrogens with zero attached hydrogens (tertiary/aromatic N) is 2. The number of furan rings is 1. The first-order valence-corrected chi connectivity index (χ1v) is 9.91. The van der Waals surface area contributed by atoms with E-state index in [0.717, 1.165) is 10.7 Å². The second kappa shape index (κ2) is 9.56. The number of aromatic nitrogens is 2. The lowest BCUT2D eigenvalue weighted by molar-refractivity contribution is 0.0992.